The van der Waals surface area contributed by atoms with Crippen LogP contribution in [0.4, 0.5) is 5.69 Å². The van der Waals surface area contributed by atoms with Crippen LogP contribution in [0.3, 0.4) is 0 Å². The maximum atomic E-state index is 12.8. The van der Waals surface area contributed by atoms with Gasteiger partial charge in [-0.2, -0.15) is 0 Å². The predicted molar refractivity (Wildman–Crippen MR) is 107 cm³/mol. The number of anilines is 1. The molecular weight excluding hydrogens is 362 g/mol. The zero-order valence-corrected chi connectivity index (χ0v) is 16.5. The zero-order chi connectivity index (χ0) is 19.4. The summed E-state index contributed by atoms with van der Waals surface area (Å²) in [7, 11) is 0. The van der Waals surface area contributed by atoms with E-state index in [9.17, 15) is 9.59 Å². The number of amides is 2. The Morgan fingerprint density at radius 3 is 2.48 bits per heavy atom. The third-order valence-corrected chi connectivity index (χ3v) is 5.26. The van der Waals surface area contributed by atoms with Gasteiger partial charge in [-0.25, -0.2) is 0 Å². The van der Waals surface area contributed by atoms with E-state index in [2.05, 4.69) is 5.32 Å². The Morgan fingerprint density at radius 1 is 1.11 bits per heavy atom. The molecule has 0 bridgehead atoms. The van der Waals surface area contributed by atoms with E-state index in [1.54, 1.807) is 12.1 Å². The Kier molecular flexibility index (Phi) is 6.14. The lowest BCUT2D eigenvalue weighted by molar-refractivity contribution is -0.895. The highest BCUT2D eigenvalue weighted by molar-refractivity contribution is 6.33. The molecular formula is C21H25ClN3O2+. The minimum Gasteiger partial charge on any atom is -0.327 e. The number of halogens is 1. The Balaban J connectivity index is 1.52. The Labute approximate surface area is 164 Å². The lowest BCUT2D eigenvalue weighted by Gasteiger charge is -2.32. The van der Waals surface area contributed by atoms with Crippen molar-refractivity contribution in [3.63, 3.8) is 0 Å². The van der Waals surface area contributed by atoms with E-state index in [0.717, 1.165) is 29.8 Å². The molecule has 0 aliphatic carbocycles. The Hall–Kier alpha value is -2.37. The van der Waals surface area contributed by atoms with Gasteiger partial charge in [0.15, 0.2) is 6.54 Å². The van der Waals surface area contributed by atoms with Crippen molar-refractivity contribution in [1.82, 2.24) is 4.90 Å². The van der Waals surface area contributed by atoms with Gasteiger partial charge in [-0.3, -0.25) is 9.59 Å². The SMILES string of the molecule is Cc1ccc(C(=O)N2CC[NH+](CC(=O)Nc3ccccc3Cl)CC2)c(C)c1. The van der Waals surface area contributed by atoms with Crippen LogP contribution in [0.25, 0.3) is 0 Å². The predicted octanol–water partition coefficient (Wildman–Crippen LogP) is 1.94. The van der Waals surface area contributed by atoms with Crippen LogP contribution in [-0.2, 0) is 4.79 Å². The molecule has 1 heterocycles. The molecule has 1 aliphatic rings. The van der Waals surface area contributed by atoms with Crippen LogP contribution < -0.4 is 10.2 Å². The van der Waals surface area contributed by atoms with Gasteiger partial charge in [0.1, 0.15) is 0 Å². The molecule has 3 rings (SSSR count). The average Bonchev–Trinajstić information content (AvgIpc) is 2.64. The number of nitrogens with zero attached hydrogens (tertiary/aromatic N) is 1. The van der Waals surface area contributed by atoms with E-state index in [4.69, 9.17) is 11.6 Å². The average molecular weight is 387 g/mol. The number of hydrogen-bond acceptors (Lipinski definition) is 2. The molecule has 0 saturated carbocycles. The number of carbonyl (C=O) groups is 2. The summed E-state index contributed by atoms with van der Waals surface area (Å²) < 4.78 is 0. The molecule has 0 radical (unpaired) electrons. The number of aryl methyl sites for hydroxylation is 2. The van der Waals surface area contributed by atoms with Crippen molar-refractivity contribution in [1.29, 1.82) is 0 Å². The zero-order valence-electron chi connectivity index (χ0n) is 15.7. The first kappa shape index (κ1) is 19.4. The maximum absolute atomic E-state index is 12.8. The Bertz CT molecular complexity index is 845. The summed E-state index contributed by atoms with van der Waals surface area (Å²) >= 11 is 6.08. The smallest absolute Gasteiger partial charge is 0.279 e. The number of quaternary nitrogens is 1. The first-order chi connectivity index (χ1) is 12.9. The highest BCUT2D eigenvalue weighted by Gasteiger charge is 2.26. The van der Waals surface area contributed by atoms with Gasteiger partial charge < -0.3 is 15.1 Å². The van der Waals surface area contributed by atoms with E-state index in [1.165, 1.54) is 4.90 Å². The molecule has 0 spiro atoms. The van der Waals surface area contributed by atoms with Crippen molar-refractivity contribution in [2.75, 3.05) is 38.0 Å². The van der Waals surface area contributed by atoms with Crippen molar-refractivity contribution in [3.8, 4) is 0 Å². The second-order valence-electron chi connectivity index (χ2n) is 7.07. The monoisotopic (exact) mass is 386 g/mol. The van der Waals surface area contributed by atoms with Crippen LogP contribution in [0.1, 0.15) is 21.5 Å². The Morgan fingerprint density at radius 2 is 1.81 bits per heavy atom. The minimum atomic E-state index is -0.0627. The van der Waals surface area contributed by atoms with Crippen LogP contribution in [-0.4, -0.2) is 49.4 Å². The minimum absolute atomic E-state index is 0.0627. The number of benzene rings is 2. The molecule has 2 aromatic carbocycles. The van der Waals surface area contributed by atoms with Crippen LogP contribution in [0.2, 0.25) is 5.02 Å². The van der Waals surface area contributed by atoms with E-state index in [-0.39, 0.29) is 11.8 Å². The quantitative estimate of drug-likeness (QED) is 0.843. The summed E-state index contributed by atoms with van der Waals surface area (Å²) in [5.41, 5.74) is 3.56. The molecule has 2 aromatic rings. The molecule has 27 heavy (non-hydrogen) atoms. The highest BCUT2D eigenvalue weighted by atomic mass is 35.5. The molecule has 2 N–H and O–H groups in total. The lowest BCUT2D eigenvalue weighted by atomic mass is 10.0. The molecule has 0 aromatic heterocycles. The fourth-order valence-electron chi connectivity index (χ4n) is 3.41. The molecule has 0 unspecified atom stereocenters. The van der Waals surface area contributed by atoms with Crippen LogP contribution >= 0.6 is 11.6 Å². The van der Waals surface area contributed by atoms with Gasteiger partial charge in [-0.15, -0.1) is 0 Å². The maximum Gasteiger partial charge on any atom is 0.279 e. The first-order valence-electron chi connectivity index (χ1n) is 9.18. The third kappa shape index (κ3) is 4.87. The van der Waals surface area contributed by atoms with E-state index in [1.807, 2.05) is 49.1 Å². The molecule has 5 nitrogen and oxygen atoms in total. The van der Waals surface area contributed by atoms with Crippen molar-refractivity contribution in [2.24, 2.45) is 0 Å². The van der Waals surface area contributed by atoms with Gasteiger partial charge in [-0.05, 0) is 37.6 Å². The van der Waals surface area contributed by atoms with Gasteiger partial charge in [0, 0.05) is 5.56 Å². The number of hydrogen-bond donors (Lipinski definition) is 2. The van der Waals surface area contributed by atoms with E-state index in [0.29, 0.717) is 30.3 Å². The summed E-state index contributed by atoms with van der Waals surface area (Å²) in [5, 5.41) is 3.39. The molecule has 1 fully saturated rings. The normalized spacial score (nSPS) is 14.9. The van der Waals surface area contributed by atoms with E-state index < -0.39 is 0 Å². The second kappa shape index (κ2) is 8.55. The molecule has 6 heteroatoms. The topological polar surface area (TPSA) is 53.9 Å². The van der Waals surface area contributed by atoms with Crippen LogP contribution in [0, 0.1) is 13.8 Å². The van der Waals surface area contributed by atoms with Gasteiger partial charge >= 0.3 is 0 Å². The summed E-state index contributed by atoms with van der Waals surface area (Å²) in [6.45, 7) is 7.19. The van der Waals surface area contributed by atoms with Gasteiger partial charge in [0.2, 0.25) is 0 Å². The van der Waals surface area contributed by atoms with Gasteiger partial charge in [0.05, 0.1) is 36.9 Å². The lowest BCUT2D eigenvalue weighted by Crippen LogP contribution is -3.15. The molecule has 1 saturated heterocycles. The number of rotatable bonds is 4. The summed E-state index contributed by atoms with van der Waals surface area (Å²) in [6.07, 6.45) is 0. The van der Waals surface area contributed by atoms with Crippen molar-refractivity contribution in [3.05, 3.63) is 64.2 Å². The number of para-hydroxylation sites is 1. The van der Waals surface area contributed by atoms with Crippen molar-refractivity contribution < 1.29 is 14.5 Å². The highest BCUT2D eigenvalue weighted by Crippen LogP contribution is 2.20. The number of nitrogens with one attached hydrogen (secondary N) is 2. The largest absolute Gasteiger partial charge is 0.327 e. The molecule has 142 valence electrons. The van der Waals surface area contributed by atoms with Crippen LogP contribution in [0.15, 0.2) is 42.5 Å². The second-order valence-corrected chi connectivity index (χ2v) is 7.47. The summed E-state index contributed by atoms with van der Waals surface area (Å²) in [6, 6.07) is 13.1. The fraction of sp³-hybridized carbons (Fsp3) is 0.333. The summed E-state index contributed by atoms with van der Waals surface area (Å²) in [4.78, 5) is 28.1. The van der Waals surface area contributed by atoms with Crippen molar-refractivity contribution >= 4 is 29.1 Å². The first-order valence-corrected chi connectivity index (χ1v) is 9.56. The van der Waals surface area contributed by atoms with Gasteiger partial charge in [0.25, 0.3) is 11.8 Å². The van der Waals surface area contributed by atoms with Crippen LogP contribution in [0.5, 0.6) is 0 Å². The third-order valence-electron chi connectivity index (χ3n) is 4.93. The van der Waals surface area contributed by atoms with Gasteiger partial charge in [-0.1, -0.05) is 41.4 Å². The van der Waals surface area contributed by atoms with Crippen molar-refractivity contribution in [2.45, 2.75) is 13.8 Å². The standard InChI is InChI=1S/C21H24ClN3O2/c1-15-7-8-17(16(2)13-15)21(27)25-11-9-24(10-12-25)14-20(26)23-19-6-4-3-5-18(19)22/h3-8,13H,9-12,14H2,1-2H3,(H,23,26)/p+1. The number of carbonyl (C=O) groups excluding carboxylic acids is 2. The number of piperazine rings is 1. The van der Waals surface area contributed by atoms with E-state index >= 15 is 0 Å². The molecule has 2 amide bonds. The fourth-order valence-corrected chi connectivity index (χ4v) is 3.59. The molecule has 1 aliphatic heterocycles. The summed E-state index contributed by atoms with van der Waals surface area (Å²) in [5.74, 6) is 0.0133. The molecule has 0 atom stereocenters.